The molecule has 0 atom stereocenters. The van der Waals surface area contributed by atoms with Gasteiger partial charge in [0.1, 0.15) is 0 Å². The number of piperidine rings is 1. The molecule has 1 saturated heterocycles. The van der Waals surface area contributed by atoms with Gasteiger partial charge in [-0.3, -0.25) is 9.59 Å². The summed E-state index contributed by atoms with van der Waals surface area (Å²) in [5.41, 5.74) is 0.733. The Morgan fingerprint density at radius 3 is 2.50 bits per heavy atom. The Balaban J connectivity index is 1.44. The molecule has 2 aliphatic rings. The highest BCUT2D eigenvalue weighted by atomic mass is 32.2. The van der Waals surface area contributed by atoms with Crippen LogP contribution in [0.25, 0.3) is 10.2 Å². The summed E-state index contributed by atoms with van der Waals surface area (Å²) >= 11 is 1.05. The smallest absolute Gasteiger partial charge is 0.307 e. The van der Waals surface area contributed by atoms with Crippen LogP contribution in [0.15, 0.2) is 27.9 Å². The fourth-order valence-electron chi connectivity index (χ4n) is 4.17. The van der Waals surface area contributed by atoms with E-state index in [-0.39, 0.29) is 21.6 Å². The molecular weight excluding hydrogens is 398 g/mol. The standard InChI is InChI=1S/C19H25N3O4S2/c1-21-16-7-6-15(12-17(16)27-19(21)24)28(25,26)22-10-8-13(9-11-22)18(23)20-14-4-2-3-5-14/h6-7,12-14H,2-5,8-11H2,1H3,(H,20,23). The fraction of sp³-hybridized carbons (Fsp3) is 0.579. The number of carbonyl (C=O) groups is 1. The van der Waals surface area contributed by atoms with E-state index in [0.29, 0.717) is 36.7 Å². The maximum Gasteiger partial charge on any atom is 0.307 e. The summed E-state index contributed by atoms with van der Waals surface area (Å²) in [4.78, 5) is 24.4. The second kappa shape index (κ2) is 7.61. The minimum atomic E-state index is -3.63. The molecule has 2 heterocycles. The van der Waals surface area contributed by atoms with E-state index in [4.69, 9.17) is 0 Å². The summed E-state index contributed by atoms with van der Waals surface area (Å²) in [6.45, 7) is 0.683. The first-order valence-corrected chi connectivity index (χ1v) is 12.0. The second-order valence-electron chi connectivity index (χ2n) is 7.72. The lowest BCUT2D eigenvalue weighted by Crippen LogP contribution is -2.44. The lowest BCUT2D eigenvalue weighted by Gasteiger charge is -2.31. The zero-order valence-corrected chi connectivity index (χ0v) is 17.5. The third kappa shape index (κ3) is 3.62. The lowest BCUT2D eigenvalue weighted by molar-refractivity contribution is -0.126. The molecule has 0 bridgehead atoms. The zero-order valence-electron chi connectivity index (χ0n) is 15.9. The van der Waals surface area contributed by atoms with Crippen molar-refractivity contribution in [2.24, 2.45) is 13.0 Å². The molecular formula is C19H25N3O4S2. The molecule has 0 spiro atoms. The third-order valence-electron chi connectivity index (χ3n) is 5.93. The van der Waals surface area contributed by atoms with E-state index < -0.39 is 10.0 Å². The van der Waals surface area contributed by atoms with Crippen molar-refractivity contribution in [3.05, 3.63) is 27.9 Å². The van der Waals surface area contributed by atoms with Gasteiger partial charge in [0, 0.05) is 32.1 Å². The lowest BCUT2D eigenvalue weighted by atomic mass is 9.97. The number of carbonyl (C=O) groups excluding carboxylic acids is 1. The first-order valence-electron chi connectivity index (χ1n) is 9.76. The molecule has 152 valence electrons. The van der Waals surface area contributed by atoms with E-state index in [1.54, 1.807) is 25.2 Å². The summed E-state index contributed by atoms with van der Waals surface area (Å²) in [5.74, 6) is -0.0478. The highest BCUT2D eigenvalue weighted by Gasteiger charge is 2.33. The van der Waals surface area contributed by atoms with Crippen LogP contribution < -0.4 is 10.2 Å². The summed E-state index contributed by atoms with van der Waals surface area (Å²) in [7, 11) is -1.95. The number of hydrogen-bond acceptors (Lipinski definition) is 5. The number of nitrogens with zero attached hydrogens (tertiary/aromatic N) is 2. The van der Waals surface area contributed by atoms with E-state index in [9.17, 15) is 18.0 Å². The molecule has 7 nitrogen and oxygen atoms in total. The number of aryl methyl sites for hydroxylation is 1. The Kier molecular flexibility index (Phi) is 5.32. The Labute approximate surface area is 168 Å². The van der Waals surface area contributed by atoms with Gasteiger partial charge in [-0.25, -0.2) is 8.42 Å². The van der Waals surface area contributed by atoms with E-state index in [2.05, 4.69) is 5.32 Å². The van der Waals surface area contributed by atoms with Crippen molar-refractivity contribution >= 4 is 37.5 Å². The summed E-state index contributed by atoms with van der Waals surface area (Å²) in [5, 5.41) is 3.12. The van der Waals surface area contributed by atoms with Crippen LogP contribution in [0.1, 0.15) is 38.5 Å². The molecule has 28 heavy (non-hydrogen) atoms. The average molecular weight is 424 g/mol. The first kappa shape index (κ1) is 19.6. The molecule has 1 amide bonds. The Hall–Kier alpha value is -1.71. The van der Waals surface area contributed by atoms with Crippen LogP contribution in [0.5, 0.6) is 0 Å². The van der Waals surface area contributed by atoms with Crippen LogP contribution in [0.2, 0.25) is 0 Å². The number of sulfonamides is 1. The van der Waals surface area contributed by atoms with E-state index in [1.807, 2.05) is 0 Å². The number of thiazole rings is 1. The van der Waals surface area contributed by atoms with Crippen molar-refractivity contribution < 1.29 is 13.2 Å². The minimum absolute atomic E-state index is 0.0689. The van der Waals surface area contributed by atoms with E-state index in [0.717, 1.165) is 29.7 Å². The van der Waals surface area contributed by atoms with Gasteiger partial charge in [0.25, 0.3) is 0 Å². The van der Waals surface area contributed by atoms with Gasteiger partial charge in [0.15, 0.2) is 0 Å². The van der Waals surface area contributed by atoms with Crippen molar-refractivity contribution in [3.63, 3.8) is 0 Å². The van der Waals surface area contributed by atoms with Gasteiger partial charge >= 0.3 is 4.87 Å². The van der Waals surface area contributed by atoms with Gasteiger partial charge in [0.05, 0.1) is 15.1 Å². The number of fused-ring (bicyclic) bond motifs is 1. The molecule has 2 fully saturated rings. The highest BCUT2D eigenvalue weighted by molar-refractivity contribution is 7.89. The number of benzene rings is 1. The number of hydrogen-bond donors (Lipinski definition) is 1. The first-order chi connectivity index (χ1) is 13.4. The van der Waals surface area contributed by atoms with Gasteiger partial charge in [-0.15, -0.1) is 0 Å². The molecule has 2 aromatic rings. The van der Waals surface area contributed by atoms with Crippen molar-refractivity contribution in [1.29, 1.82) is 0 Å². The Morgan fingerprint density at radius 2 is 1.82 bits per heavy atom. The molecule has 0 radical (unpaired) electrons. The predicted molar refractivity (Wildman–Crippen MR) is 109 cm³/mol. The van der Waals surface area contributed by atoms with Crippen LogP contribution in [-0.2, 0) is 21.9 Å². The van der Waals surface area contributed by atoms with Crippen LogP contribution in [0.3, 0.4) is 0 Å². The van der Waals surface area contributed by atoms with Crippen molar-refractivity contribution in [1.82, 2.24) is 14.2 Å². The largest absolute Gasteiger partial charge is 0.353 e. The van der Waals surface area contributed by atoms with Crippen LogP contribution >= 0.6 is 11.3 Å². The molecule has 1 aliphatic carbocycles. The van der Waals surface area contributed by atoms with Gasteiger partial charge < -0.3 is 9.88 Å². The van der Waals surface area contributed by atoms with Crippen LogP contribution in [-0.4, -0.2) is 42.3 Å². The predicted octanol–water partition coefficient (Wildman–Crippen LogP) is 2.06. The van der Waals surface area contributed by atoms with Gasteiger partial charge in [-0.05, 0) is 43.9 Å². The molecule has 1 aliphatic heterocycles. The average Bonchev–Trinajstić information content (AvgIpc) is 3.29. The molecule has 4 rings (SSSR count). The minimum Gasteiger partial charge on any atom is -0.353 e. The van der Waals surface area contributed by atoms with Gasteiger partial charge in [-0.1, -0.05) is 24.2 Å². The number of nitrogens with one attached hydrogen (secondary N) is 1. The normalized spacial score (nSPS) is 20.0. The maximum absolute atomic E-state index is 13.0. The summed E-state index contributed by atoms with van der Waals surface area (Å²) < 4.78 is 29.7. The molecule has 1 aromatic heterocycles. The summed E-state index contributed by atoms with van der Waals surface area (Å²) in [6, 6.07) is 5.11. The van der Waals surface area contributed by atoms with Crippen molar-refractivity contribution in [2.75, 3.05) is 13.1 Å². The Morgan fingerprint density at radius 1 is 1.14 bits per heavy atom. The maximum atomic E-state index is 13.0. The monoisotopic (exact) mass is 423 g/mol. The molecule has 1 aromatic carbocycles. The topological polar surface area (TPSA) is 88.5 Å². The highest BCUT2D eigenvalue weighted by Crippen LogP contribution is 2.27. The van der Waals surface area contributed by atoms with Crippen LogP contribution in [0.4, 0.5) is 0 Å². The summed E-state index contributed by atoms with van der Waals surface area (Å²) in [6.07, 6.45) is 5.52. The fourth-order valence-corrected chi connectivity index (χ4v) is 6.66. The van der Waals surface area contributed by atoms with Crippen LogP contribution in [0, 0.1) is 5.92 Å². The quantitative estimate of drug-likeness (QED) is 0.815. The van der Waals surface area contributed by atoms with Crippen molar-refractivity contribution in [3.8, 4) is 0 Å². The van der Waals surface area contributed by atoms with Gasteiger partial charge in [-0.2, -0.15) is 4.31 Å². The van der Waals surface area contributed by atoms with E-state index in [1.165, 1.54) is 21.7 Å². The third-order valence-corrected chi connectivity index (χ3v) is 8.82. The zero-order chi connectivity index (χ0) is 19.9. The number of aromatic nitrogens is 1. The Bertz CT molecular complexity index is 1040. The number of amides is 1. The molecule has 1 N–H and O–H groups in total. The number of rotatable bonds is 4. The SMILES string of the molecule is Cn1c(=O)sc2cc(S(=O)(=O)N3CCC(C(=O)NC4CCCC4)CC3)ccc21. The molecule has 1 saturated carbocycles. The molecule has 9 heteroatoms. The van der Waals surface area contributed by atoms with Gasteiger partial charge in [0.2, 0.25) is 15.9 Å². The molecule has 0 unspecified atom stereocenters. The van der Waals surface area contributed by atoms with E-state index >= 15 is 0 Å². The second-order valence-corrected chi connectivity index (χ2v) is 10.7. The van der Waals surface area contributed by atoms with Crippen molar-refractivity contribution in [2.45, 2.75) is 49.5 Å².